The van der Waals surface area contributed by atoms with Gasteiger partial charge in [-0.1, -0.05) is 49.4 Å². The lowest BCUT2D eigenvalue weighted by Gasteiger charge is -2.00. The van der Waals surface area contributed by atoms with Gasteiger partial charge in [-0.25, -0.2) is 0 Å². The van der Waals surface area contributed by atoms with Crippen LogP contribution in [0, 0.1) is 5.92 Å². The summed E-state index contributed by atoms with van der Waals surface area (Å²) in [5, 5.41) is 3.76. The molecule has 1 aromatic heterocycles. The smallest absolute Gasteiger partial charge is 0.0708 e. The van der Waals surface area contributed by atoms with Crippen molar-refractivity contribution in [2.24, 2.45) is 5.92 Å². The molecule has 0 radical (unpaired) electrons. The molecule has 0 N–H and O–H groups in total. The third kappa shape index (κ3) is 1.45. The number of rotatable bonds is 0. The number of fused-ring (bicyclic) bond motifs is 3. The maximum atomic E-state index is 4.48. The van der Waals surface area contributed by atoms with Crippen LogP contribution >= 0.6 is 0 Å². The number of hydrogen-bond donors (Lipinski definition) is 0. The van der Waals surface area contributed by atoms with Crippen LogP contribution in [0.2, 0.25) is 0 Å². The van der Waals surface area contributed by atoms with Crippen LogP contribution in [0.3, 0.4) is 0 Å². The summed E-state index contributed by atoms with van der Waals surface area (Å²) in [4.78, 5) is 4.48. The molecule has 0 aliphatic heterocycles. The minimum atomic E-state index is 0.475. The highest BCUT2D eigenvalue weighted by atomic mass is 14.6. The number of allylic oxidation sites excluding steroid dienone is 2. The van der Waals surface area contributed by atoms with E-state index in [9.17, 15) is 0 Å². The van der Waals surface area contributed by atoms with E-state index in [2.05, 4.69) is 54.4 Å². The normalized spacial score (nSPS) is 18.4. The molecule has 0 saturated carbocycles. The number of para-hydroxylation sites is 1. The zero-order valence-corrected chi connectivity index (χ0v) is 9.22. The predicted octanol–water partition coefficient (Wildman–Crippen LogP) is 2.00. The molecule has 1 aliphatic carbocycles. The quantitative estimate of drug-likeness (QED) is 0.644. The second-order valence-corrected chi connectivity index (χ2v) is 4.22. The van der Waals surface area contributed by atoms with Crippen molar-refractivity contribution in [3.8, 4) is 0 Å². The molecule has 1 atom stereocenters. The first-order valence-electron chi connectivity index (χ1n) is 5.59. The lowest BCUT2D eigenvalue weighted by molar-refractivity contribution is 0.999. The van der Waals surface area contributed by atoms with E-state index in [1.807, 2.05) is 12.3 Å². The third-order valence-electron chi connectivity index (χ3n) is 2.97. The van der Waals surface area contributed by atoms with E-state index in [1.165, 1.54) is 15.8 Å². The summed E-state index contributed by atoms with van der Waals surface area (Å²) in [5.74, 6) is 0.475. The molecule has 0 amide bonds. The van der Waals surface area contributed by atoms with Gasteiger partial charge in [0.2, 0.25) is 0 Å². The predicted molar refractivity (Wildman–Crippen MR) is 68.2 cm³/mol. The minimum absolute atomic E-state index is 0.475. The number of hydrogen-bond acceptors (Lipinski definition) is 1. The SMILES string of the molecule is CC1C=CC=c2cnc3ccccc3c2=C1. The second kappa shape index (κ2) is 3.60. The van der Waals surface area contributed by atoms with Crippen LogP contribution < -0.4 is 10.4 Å². The Kier molecular flexibility index (Phi) is 2.10. The molecule has 1 heterocycles. The molecule has 0 spiro atoms. The largest absolute Gasteiger partial charge is 0.256 e. The number of aromatic nitrogens is 1. The summed E-state index contributed by atoms with van der Waals surface area (Å²) in [6, 6.07) is 8.31. The first-order chi connectivity index (χ1) is 7.84. The van der Waals surface area contributed by atoms with Crippen molar-refractivity contribution in [2.75, 3.05) is 0 Å². The van der Waals surface area contributed by atoms with E-state index in [1.54, 1.807) is 0 Å². The lowest BCUT2D eigenvalue weighted by atomic mass is 10.1. The summed E-state index contributed by atoms with van der Waals surface area (Å²) >= 11 is 0. The number of pyridine rings is 1. The zero-order chi connectivity index (χ0) is 11.0. The molecule has 1 nitrogen and oxygen atoms in total. The van der Waals surface area contributed by atoms with Crippen molar-refractivity contribution in [3.63, 3.8) is 0 Å². The van der Waals surface area contributed by atoms with E-state index in [0.717, 1.165) is 5.52 Å². The monoisotopic (exact) mass is 207 g/mol. The van der Waals surface area contributed by atoms with Crippen molar-refractivity contribution in [2.45, 2.75) is 6.92 Å². The molecule has 3 rings (SSSR count). The summed E-state index contributed by atoms with van der Waals surface area (Å²) in [7, 11) is 0. The van der Waals surface area contributed by atoms with Gasteiger partial charge in [-0.2, -0.15) is 0 Å². The van der Waals surface area contributed by atoms with E-state index >= 15 is 0 Å². The van der Waals surface area contributed by atoms with Gasteiger partial charge < -0.3 is 0 Å². The van der Waals surface area contributed by atoms with Crippen molar-refractivity contribution in [1.29, 1.82) is 0 Å². The summed E-state index contributed by atoms with van der Waals surface area (Å²) < 4.78 is 0. The van der Waals surface area contributed by atoms with Crippen molar-refractivity contribution >= 4 is 23.1 Å². The Morgan fingerprint density at radius 3 is 3.00 bits per heavy atom. The molecule has 0 fully saturated rings. The fourth-order valence-electron chi connectivity index (χ4n) is 2.15. The first-order valence-corrected chi connectivity index (χ1v) is 5.59. The Balaban J connectivity index is 2.53. The fraction of sp³-hybridized carbons (Fsp3) is 0.133. The average molecular weight is 207 g/mol. The Morgan fingerprint density at radius 1 is 1.19 bits per heavy atom. The van der Waals surface area contributed by atoms with Gasteiger partial charge in [-0.15, -0.1) is 0 Å². The van der Waals surface area contributed by atoms with Crippen molar-refractivity contribution in [3.05, 3.63) is 53.1 Å². The van der Waals surface area contributed by atoms with E-state index < -0.39 is 0 Å². The van der Waals surface area contributed by atoms with Gasteiger partial charge in [0.25, 0.3) is 0 Å². The molecule has 1 heteroatoms. The maximum absolute atomic E-state index is 4.48. The van der Waals surface area contributed by atoms with Gasteiger partial charge in [0.15, 0.2) is 0 Å². The van der Waals surface area contributed by atoms with Crippen LogP contribution in [0.15, 0.2) is 42.6 Å². The van der Waals surface area contributed by atoms with Gasteiger partial charge in [0, 0.05) is 16.8 Å². The summed E-state index contributed by atoms with van der Waals surface area (Å²) in [6.45, 7) is 2.20. The molecule has 1 aromatic carbocycles. The Labute approximate surface area is 94.4 Å². The minimum Gasteiger partial charge on any atom is -0.256 e. The summed E-state index contributed by atoms with van der Waals surface area (Å²) in [6.07, 6.45) is 10.7. The van der Waals surface area contributed by atoms with Crippen molar-refractivity contribution < 1.29 is 0 Å². The van der Waals surface area contributed by atoms with Crippen LogP contribution in [-0.4, -0.2) is 4.98 Å². The Morgan fingerprint density at radius 2 is 2.06 bits per heavy atom. The van der Waals surface area contributed by atoms with Crippen LogP contribution in [0.1, 0.15) is 6.92 Å². The van der Waals surface area contributed by atoms with E-state index in [0.29, 0.717) is 5.92 Å². The van der Waals surface area contributed by atoms with Gasteiger partial charge in [-0.05, 0) is 17.2 Å². The van der Waals surface area contributed by atoms with Crippen LogP contribution in [0.25, 0.3) is 23.1 Å². The summed E-state index contributed by atoms with van der Waals surface area (Å²) in [5.41, 5.74) is 1.07. The average Bonchev–Trinajstić information content (AvgIpc) is 2.50. The van der Waals surface area contributed by atoms with Crippen LogP contribution in [0.5, 0.6) is 0 Å². The highest BCUT2D eigenvalue weighted by molar-refractivity contribution is 5.80. The fourth-order valence-corrected chi connectivity index (χ4v) is 2.15. The number of nitrogens with zero attached hydrogens (tertiary/aromatic N) is 1. The molecular weight excluding hydrogens is 194 g/mol. The van der Waals surface area contributed by atoms with Crippen LogP contribution in [0.4, 0.5) is 0 Å². The Hall–Kier alpha value is -1.89. The molecule has 0 bridgehead atoms. The molecule has 16 heavy (non-hydrogen) atoms. The standard InChI is InChI=1S/C15H13N/c1-11-5-4-6-12-10-16-15-8-3-2-7-13(15)14(12)9-11/h2-11H,1H3. The zero-order valence-electron chi connectivity index (χ0n) is 9.22. The first kappa shape index (κ1) is 9.34. The molecule has 0 saturated heterocycles. The van der Waals surface area contributed by atoms with Gasteiger partial charge in [0.05, 0.1) is 5.52 Å². The van der Waals surface area contributed by atoms with E-state index in [4.69, 9.17) is 0 Å². The highest BCUT2D eigenvalue weighted by Gasteiger charge is 2.00. The van der Waals surface area contributed by atoms with Crippen LogP contribution in [-0.2, 0) is 0 Å². The van der Waals surface area contributed by atoms with Gasteiger partial charge in [-0.3, -0.25) is 4.98 Å². The third-order valence-corrected chi connectivity index (χ3v) is 2.97. The Bertz CT molecular complexity index is 680. The second-order valence-electron chi connectivity index (χ2n) is 4.22. The number of benzene rings is 1. The maximum Gasteiger partial charge on any atom is 0.0708 e. The highest BCUT2D eigenvalue weighted by Crippen LogP contribution is 2.06. The topological polar surface area (TPSA) is 12.9 Å². The van der Waals surface area contributed by atoms with Crippen molar-refractivity contribution in [1.82, 2.24) is 4.98 Å². The molecular formula is C15H13N. The lowest BCUT2D eigenvalue weighted by Crippen LogP contribution is -2.26. The van der Waals surface area contributed by atoms with Gasteiger partial charge >= 0.3 is 0 Å². The molecule has 78 valence electrons. The molecule has 1 aliphatic rings. The van der Waals surface area contributed by atoms with Gasteiger partial charge in [0.1, 0.15) is 0 Å². The molecule has 1 unspecified atom stereocenters. The molecule has 2 aromatic rings. The van der Waals surface area contributed by atoms with E-state index in [-0.39, 0.29) is 0 Å².